The van der Waals surface area contributed by atoms with Crippen molar-refractivity contribution in [3.05, 3.63) is 71.8 Å². The number of hydrogen-bond donors (Lipinski definition) is 0. The molecule has 2 aromatic rings. The van der Waals surface area contributed by atoms with Crippen LogP contribution in [0.1, 0.15) is 56.7 Å². The van der Waals surface area contributed by atoms with Gasteiger partial charge in [0, 0.05) is 12.7 Å². The molecule has 0 N–H and O–H groups in total. The number of nitrogens with zero attached hydrogens (tertiary/aromatic N) is 1. The van der Waals surface area contributed by atoms with Crippen molar-refractivity contribution < 1.29 is 9.09 Å². The fraction of sp³-hybridized carbons (Fsp3) is 0.478. The number of hydrogen-bond acceptors (Lipinski definition) is 2. The Morgan fingerprint density at radius 3 is 2.19 bits per heavy atom. The van der Waals surface area contributed by atoms with Gasteiger partial charge in [-0.15, -0.1) is 0 Å². The lowest BCUT2D eigenvalue weighted by atomic mass is 9.98. The topological polar surface area (TPSA) is 29.5 Å². The second-order valence-corrected chi connectivity index (χ2v) is 10.1. The van der Waals surface area contributed by atoms with Gasteiger partial charge in [-0.25, -0.2) is 4.67 Å². The van der Waals surface area contributed by atoms with E-state index in [9.17, 15) is 4.57 Å². The van der Waals surface area contributed by atoms with E-state index in [1.54, 1.807) is 0 Å². The number of benzene rings is 2. The molecule has 27 heavy (non-hydrogen) atoms. The highest BCUT2D eigenvalue weighted by Crippen LogP contribution is 2.59. The summed E-state index contributed by atoms with van der Waals surface area (Å²) in [6.07, 6.45) is 5.03. The average molecular weight is 385 g/mol. The summed E-state index contributed by atoms with van der Waals surface area (Å²) in [5, 5.41) is 0. The third-order valence-electron chi connectivity index (χ3n) is 5.34. The van der Waals surface area contributed by atoms with Crippen molar-refractivity contribution in [2.75, 3.05) is 19.3 Å². The van der Waals surface area contributed by atoms with Crippen LogP contribution in [0.2, 0.25) is 0 Å². The second kappa shape index (κ2) is 9.68. The Hall–Kier alpha value is -1.41. The van der Waals surface area contributed by atoms with Crippen LogP contribution >= 0.6 is 7.52 Å². The molecule has 0 spiro atoms. The molecule has 1 fully saturated rings. The zero-order chi connectivity index (χ0) is 19.1. The highest BCUT2D eigenvalue weighted by Gasteiger charge is 2.41. The van der Waals surface area contributed by atoms with Crippen molar-refractivity contribution in [1.82, 2.24) is 4.67 Å². The largest absolute Gasteiger partial charge is 0.317 e. The first-order valence-corrected chi connectivity index (χ1v) is 12.0. The van der Waals surface area contributed by atoms with Gasteiger partial charge in [-0.1, -0.05) is 93.8 Å². The fourth-order valence-electron chi connectivity index (χ4n) is 3.97. The molecule has 4 heteroatoms. The molecular formula is C23H32NO2P. The number of unbranched alkanes of at least 4 members (excludes halogenated alkanes) is 1. The van der Waals surface area contributed by atoms with Crippen molar-refractivity contribution >= 4 is 7.52 Å². The smallest absolute Gasteiger partial charge is 0.273 e. The molecule has 3 rings (SSSR count). The third-order valence-corrected chi connectivity index (χ3v) is 8.22. The predicted molar refractivity (Wildman–Crippen MR) is 113 cm³/mol. The van der Waals surface area contributed by atoms with E-state index in [2.05, 4.69) is 67.0 Å². The molecule has 0 radical (unpaired) electrons. The van der Waals surface area contributed by atoms with Gasteiger partial charge in [0.25, 0.3) is 7.52 Å². The summed E-state index contributed by atoms with van der Waals surface area (Å²) in [5.41, 5.74) is 2.35. The van der Waals surface area contributed by atoms with Crippen molar-refractivity contribution in [1.29, 1.82) is 0 Å². The van der Waals surface area contributed by atoms with Crippen LogP contribution in [0, 0.1) is 5.92 Å². The summed E-state index contributed by atoms with van der Waals surface area (Å²) in [6, 6.07) is 20.8. The Labute approximate surface area is 164 Å². The van der Waals surface area contributed by atoms with E-state index in [0.29, 0.717) is 18.7 Å². The first kappa shape index (κ1) is 20.3. The van der Waals surface area contributed by atoms with Crippen molar-refractivity contribution in [2.24, 2.45) is 5.92 Å². The highest BCUT2D eigenvalue weighted by atomic mass is 31.2. The van der Waals surface area contributed by atoms with Crippen LogP contribution in [0.5, 0.6) is 0 Å². The minimum absolute atomic E-state index is 0.0306. The summed E-state index contributed by atoms with van der Waals surface area (Å²) < 4.78 is 22.2. The summed E-state index contributed by atoms with van der Waals surface area (Å²) in [7, 11) is -2.87. The van der Waals surface area contributed by atoms with Gasteiger partial charge in [0.15, 0.2) is 0 Å². The molecule has 0 saturated carbocycles. The monoisotopic (exact) mass is 385 g/mol. The van der Waals surface area contributed by atoms with Crippen molar-refractivity contribution in [3.63, 3.8) is 0 Å². The second-order valence-electron chi connectivity index (χ2n) is 7.64. The van der Waals surface area contributed by atoms with E-state index in [0.717, 1.165) is 19.4 Å². The minimum Gasteiger partial charge on any atom is -0.317 e. The minimum atomic E-state index is -2.87. The van der Waals surface area contributed by atoms with Gasteiger partial charge in [-0.2, -0.15) is 0 Å². The van der Waals surface area contributed by atoms with Gasteiger partial charge in [-0.3, -0.25) is 4.57 Å². The van der Waals surface area contributed by atoms with Gasteiger partial charge in [0.05, 0.1) is 12.6 Å². The van der Waals surface area contributed by atoms with E-state index >= 15 is 0 Å². The standard InChI is InChI=1S/C23H32NO2P/c1-3-4-12-20(2)19-27(25)24(17-11-18-26-27)23(21-13-7-5-8-14-21)22-15-9-6-10-16-22/h5-10,13-16,20,23H,3-4,11-12,17-19H2,1-2H3/t20-,27?/m1/s1. The van der Waals surface area contributed by atoms with E-state index in [1.807, 2.05) is 12.1 Å². The summed E-state index contributed by atoms with van der Waals surface area (Å²) in [6.45, 7) is 5.83. The summed E-state index contributed by atoms with van der Waals surface area (Å²) in [5.74, 6) is 0.406. The Morgan fingerprint density at radius 2 is 1.63 bits per heavy atom. The molecule has 2 atom stereocenters. The van der Waals surface area contributed by atoms with Gasteiger partial charge in [-0.05, 0) is 23.5 Å². The van der Waals surface area contributed by atoms with Crippen molar-refractivity contribution in [3.8, 4) is 0 Å². The lowest BCUT2D eigenvalue weighted by Crippen LogP contribution is -2.35. The highest BCUT2D eigenvalue weighted by molar-refractivity contribution is 7.56. The van der Waals surface area contributed by atoms with Crippen LogP contribution in [0.15, 0.2) is 60.7 Å². The molecule has 0 amide bonds. The van der Waals surface area contributed by atoms with Crippen LogP contribution in [0.3, 0.4) is 0 Å². The van der Waals surface area contributed by atoms with E-state index in [4.69, 9.17) is 4.52 Å². The van der Waals surface area contributed by atoms with Crippen LogP contribution in [-0.4, -0.2) is 24.0 Å². The van der Waals surface area contributed by atoms with Crippen LogP contribution < -0.4 is 0 Å². The Bertz CT molecular complexity index is 695. The molecule has 1 saturated heterocycles. The van der Waals surface area contributed by atoms with E-state index in [1.165, 1.54) is 24.0 Å². The Kier molecular flexibility index (Phi) is 7.29. The van der Waals surface area contributed by atoms with Crippen LogP contribution in [0.25, 0.3) is 0 Å². The molecule has 3 nitrogen and oxygen atoms in total. The molecule has 1 unspecified atom stereocenters. The molecule has 0 bridgehead atoms. The molecule has 1 heterocycles. The Morgan fingerprint density at radius 1 is 1.04 bits per heavy atom. The number of rotatable bonds is 8. The van der Waals surface area contributed by atoms with E-state index in [-0.39, 0.29) is 6.04 Å². The first-order chi connectivity index (χ1) is 13.1. The zero-order valence-corrected chi connectivity index (χ0v) is 17.5. The van der Waals surface area contributed by atoms with Crippen LogP contribution in [0.4, 0.5) is 0 Å². The third kappa shape index (κ3) is 5.10. The maximum absolute atomic E-state index is 14.0. The van der Waals surface area contributed by atoms with Gasteiger partial charge in [0.2, 0.25) is 0 Å². The normalized spacial score (nSPS) is 22.0. The molecule has 1 aliphatic rings. The first-order valence-electron chi connectivity index (χ1n) is 10.2. The van der Waals surface area contributed by atoms with Crippen molar-refractivity contribution in [2.45, 2.75) is 45.6 Å². The maximum atomic E-state index is 14.0. The lowest BCUT2D eigenvalue weighted by molar-refractivity contribution is 0.185. The van der Waals surface area contributed by atoms with Gasteiger partial charge < -0.3 is 4.52 Å². The van der Waals surface area contributed by atoms with E-state index < -0.39 is 7.52 Å². The SMILES string of the molecule is CCCC[C@@H](C)CP1(=O)OCCCN1C(c1ccccc1)c1ccccc1. The lowest BCUT2D eigenvalue weighted by Gasteiger charge is -2.41. The molecule has 0 aromatic heterocycles. The van der Waals surface area contributed by atoms with Crippen LogP contribution in [-0.2, 0) is 9.09 Å². The molecule has 146 valence electrons. The van der Waals surface area contributed by atoms with Gasteiger partial charge in [0.1, 0.15) is 0 Å². The molecule has 0 aliphatic carbocycles. The zero-order valence-electron chi connectivity index (χ0n) is 16.6. The quantitative estimate of drug-likeness (QED) is 0.485. The summed E-state index contributed by atoms with van der Waals surface area (Å²) in [4.78, 5) is 0. The predicted octanol–water partition coefficient (Wildman–Crippen LogP) is 6.52. The Balaban J connectivity index is 1.94. The maximum Gasteiger partial charge on any atom is 0.273 e. The van der Waals surface area contributed by atoms with Gasteiger partial charge >= 0.3 is 0 Å². The average Bonchev–Trinajstić information content (AvgIpc) is 2.70. The fourth-order valence-corrected chi connectivity index (χ4v) is 6.88. The summed E-state index contributed by atoms with van der Waals surface area (Å²) >= 11 is 0. The molecule has 1 aliphatic heterocycles. The molecular weight excluding hydrogens is 353 g/mol. The molecule has 2 aromatic carbocycles.